The molecule has 22 heavy (non-hydrogen) atoms. The summed E-state index contributed by atoms with van der Waals surface area (Å²) in [7, 11) is 4.58. The molecule has 2 rings (SSSR count). The molecule has 0 fully saturated rings. The molecule has 0 aliphatic carbocycles. The Hall–Kier alpha value is -2.20. The van der Waals surface area contributed by atoms with E-state index in [1.807, 2.05) is 6.92 Å². The second-order valence-corrected chi connectivity index (χ2v) is 5.22. The number of hydrogen-bond acceptors (Lipinski definition) is 7. The van der Waals surface area contributed by atoms with Gasteiger partial charge in [-0.15, -0.1) is 0 Å². The van der Waals surface area contributed by atoms with Gasteiger partial charge in [-0.2, -0.15) is 15.0 Å². The van der Waals surface area contributed by atoms with Crippen LogP contribution in [0.1, 0.15) is 12.6 Å². The van der Waals surface area contributed by atoms with Crippen molar-refractivity contribution in [1.29, 1.82) is 0 Å². The van der Waals surface area contributed by atoms with Crippen LogP contribution in [0.4, 0.5) is 0 Å². The van der Waals surface area contributed by atoms with E-state index in [4.69, 9.17) is 21.7 Å². The fourth-order valence-corrected chi connectivity index (χ4v) is 2.70. The minimum atomic E-state index is -1.11. The normalized spacial score (nSPS) is 24.1. The number of aliphatic imine (C=N–C) groups is 1. The van der Waals surface area contributed by atoms with Gasteiger partial charge in [-0.3, -0.25) is 10.1 Å². The quantitative estimate of drug-likeness (QED) is 0.339. The number of aromatic nitrogens is 2. The van der Waals surface area contributed by atoms with Gasteiger partial charge in [-0.1, -0.05) is 0 Å². The Balaban J connectivity index is 2.58. The predicted octanol–water partition coefficient (Wildman–Crippen LogP) is 0.651. The highest BCUT2D eigenvalue weighted by atomic mass is 32.1. The summed E-state index contributed by atoms with van der Waals surface area (Å²) < 4.78 is 10.1. The number of nitro groups is 1. The van der Waals surface area contributed by atoms with Crippen LogP contribution in [0.15, 0.2) is 11.1 Å². The molecule has 118 valence electrons. The molecule has 2 atom stereocenters. The van der Waals surface area contributed by atoms with Gasteiger partial charge < -0.3 is 9.47 Å². The predicted molar refractivity (Wildman–Crippen MR) is 81.8 cm³/mol. The zero-order valence-electron chi connectivity index (χ0n) is 12.6. The van der Waals surface area contributed by atoms with E-state index in [0.717, 1.165) is 0 Å². The summed E-state index contributed by atoms with van der Waals surface area (Å²) in [5, 5.41) is 11.4. The van der Waals surface area contributed by atoms with E-state index in [0.29, 0.717) is 18.1 Å². The Bertz CT molecular complexity index is 643. The number of amidine groups is 1. The number of thiocarbonyl (C=S) groups is 1. The maximum Gasteiger partial charge on any atom is 0.395 e. The van der Waals surface area contributed by atoms with Gasteiger partial charge in [0.1, 0.15) is 0 Å². The van der Waals surface area contributed by atoms with Gasteiger partial charge in [0.05, 0.1) is 32.7 Å². The van der Waals surface area contributed by atoms with Crippen molar-refractivity contribution in [1.82, 2.24) is 9.97 Å². The minimum absolute atomic E-state index is 0.0286. The Morgan fingerprint density at radius 1 is 1.41 bits per heavy atom. The molecule has 1 aliphatic rings. The van der Waals surface area contributed by atoms with Crippen LogP contribution in [-0.2, 0) is 0 Å². The van der Waals surface area contributed by atoms with Crippen LogP contribution < -0.4 is 9.47 Å². The van der Waals surface area contributed by atoms with Gasteiger partial charge in [0, 0.05) is 6.07 Å². The highest BCUT2D eigenvalue weighted by molar-refractivity contribution is 7.80. The number of methoxy groups -OCH3 is 2. The lowest BCUT2D eigenvalue weighted by Crippen LogP contribution is -2.58. The molecule has 1 aliphatic heterocycles. The molecule has 0 aromatic carbocycles. The van der Waals surface area contributed by atoms with Crippen LogP contribution in [-0.4, -0.2) is 64.2 Å². The lowest BCUT2D eigenvalue weighted by molar-refractivity contribution is -0.921. The first-order valence-electron chi connectivity index (χ1n) is 6.46. The van der Waals surface area contributed by atoms with E-state index in [1.54, 1.807) is 13.1 Å². The van der Waals surface area contributed by atoms with Gasteiger partial charge >= 0.3 is 12.2 Å². The third-order valence-corrected chi connectivity index (χ3v) is 3.92. The molecule has 1 aromatic heterocycles. The molecular weight excluding hydrogens is 310 g/mol. The SMILES string of the molecule is CC[N+]1(C)C(c2cc(OC)nc(OC)n2)=NC(=S)C1[N+](=O)[O-]. The second kappa shape index (κ2) is 5.89. The Morgan fingerprint density at radius 3 is 2.59 bits per heavy atom. The summed E-state index contributed by atoms with van der Waals surface area (Å²) in [5.74, 6) is 0.677. The Labute approximate surface area is 132 Å². The van der Waals surface area contributed by atoms with Crippen molar-refractivity contribution in [3.05, 3.63) is 21.9 Å². The first kappa shape index (κ1) is 16.2. The molecule has 0 spiro atoms. The van der Waals surface area contributed by atoms with Crippen molar-refractivity contribution >= 4 is 23.0 Å². The van der Waals surface area contributed by atoms with Crippen LogP contribution in [0, 0.1) is 10.1 Å². The van der Waals surface area contributed by atoms with E-state index in [-0.39, 0.29) is 21.4 Å². The monoisotopic (exact) mass is 326 g/mol. The Kier molecular flexibility index (Phi) is 4.33. The van der Waals surface area contributed by atoms with Crippen molar-refractivity contribution in [2.75, 3.05) is 27.8 Å². The van der Waals surface area contributed by atoms with Crippen LogP contribution in [0.3, 0.4) is 0 Å². The summed E-state index contributed by atoms with van der Waals surface area (Å²) in [5.41, 5.74) is 0.389. The molecule has 0 amide bonds. The number of nitrogens with zero attached hydrogens (tertiary/aromatic N) is 5. The molecule has 2 unspecified atom stereocenters. The lowest BCUT2D eigenvalue weighted by Gasteiger charge is -2.28. The highest BCUT2D eigenvalue weighted by Gasteiger charge is 2.55. The lowest BCUT2D eigenvalue weighted by atomic mass is 10.2. The van der Waals surface area contributed by atoms with Gasteiger partial charge in [0.25, 0.3) is 5.84 Å². The van der Waals surface area contributed by atoms with Crippen molar-refractivity contribution in [3.8, 4) is 11.9 Å². The van der Waals surface area contributed by atoms with E-state index in [9.17, 15) is 10.1 Å². The number of quaternary nitrogens is 1. The summed E-state index contributed by atoms with van der Waals surface area (Å²) >= 11 is 5.08. The summed E-state index contributed by atoms with van der Waals surface area (Å²) in [6.07, 6.45) is -1.11. The molecule has 0 N–H and O–H groups in total. The fraction of sp³-hybridized carbons (Fsp3) is 0.500. The minimum Gasteiger partial charge on any atom is -0.481 e. The van der Waals surface area contributed by atoms with Crippen molar-refractivity contribution in [2.45, 2.75) is 13.1 Å². The molecule has 0 saturated carbocycles. The molecule has 10 heteroatoms. The molecule has 1 aromatic rings. The Morgan fingerprint density at radius 2 is 2.09 bits per heavy atom. The van der Waals surface area contributed by atoms with Crippen LogP contribution in [0.5, 0.6) is 11.9 Å². The number of likely N-dealkylation sites (N-methyl/N-ethyl adjacent to an activating group) is 1. The van der Waals surface area contributed by atoms with Gasteiger partial charge in [-0.25, -0.2) is 4.48 Å². The summed E-state index contributed by atoms with van der Waals surface area (Å²) in [4.78, 5) is 23.4. The average Bonchev–Trinajstić information content (AvgIpc) is 2.78. The zero-order valence-corrected chi connectivity index (χ0v) is 13.5. The highest BCUT2D eigenvalue weighted by Crippen LogP contribution is 2.27. The number of hydrogen-bond donors (Lipinski definition) is 0. The molecule has 2 heterocycles. The summed E-state index contributed by atoms with van der Waals surface area (Å²) in [6.45, 7) is 2.26. The third-order valence-electron chi connectivity index (χ3n) is 3.62. The first-order chi connectivity index (χ1) is 10.4. The van der Waals surface area contributed by atoms with E-state index in [1.165, 1.54) is 14.2 Å². The van der Waals surface area contributed by atoms with Gasteiger partial charge in [-0.05, 0) is 19.1 Å². The van der Waals surface area contributed by atoms with Crippen LogP contribution >= 0.6 is 12.2 Å². The summed E-state index contributed by atoms with van der Waals surface area (Å²) in [6, 6.07) is 1.65. The molecule has 0 bridgehead atoms. The van der Waals surface area contributed by atoms with Crippen molar-refractivity contribution < 1.29 is 18.9 Å². The van der Waals surface area contributed by atoms with Crippen molar-refractivity contribution in [3.63, 3.8) is 0 Å². The largest absolute Gasteiger partial charge is 0.481 e. The van der Waals surface area contributed by atoms with E-state index < -0.39 is 11.1 Å². The third kappa shape index (κ3) is 2.50. The van der Waals surface area contributed by atoms with E-state index in [2.05, 4.69) is 15.0 Å². The second-order valence-electron chi connectivity index (χ2n) is 4.80. The zero-order chi connectivity index (χ0) is 16.5. The standard InChI is InChI=1S/C12H16N5O4S/c1-5-17(2)9(15-10(22)11(17)16(18)19)7-6-8(20-3)14-12(13-7)21-4/h6,11H,5H2,1-4H3/q+1. The van der Waals surface area contributed by atoms with Crippen molar-refractivity contribution in [2.24, 2.45) is 4.99 Å². The average molecular weight is 326 g/mol. The van der Waals surface area contributed by atoms with E-state index >= 15 is 0 Å². The molecular formula is C12H16N5O4S+. The van der Waals surface area contributed by atoms with Gasteiger partial charge in [0.15, 0.2) is 5.69 Å². The molecule has 0 radical (unpaired) electrons. The first-order valence-corrected chi connectivity index (χ1v) is 6.87. The number of ether oxygens (including phenoxy) is 2. The van der Waals surface area contributed by atoms with Crippen LogP contribution in [0.2, 0.25) is 0 Å². The fourth-order valence-electron chi connectivity index (χ4n) is 2.29. The topological polar surface area (TPSA) is 99.7 Å². The molecule has 9 nitrogen and oxygen atoms in total. The van der Waals surface area contributed by atoms with Gasteiger partial charge in [0.2, 0.25) is 10.9 Å². The maximum absolute atomic E-state index is 11.4. The molecule has 0 saturated heterocycles. The van der Waals surface area contributed by atoms with Crippen LogP contribution in [0.25, 0.3) is 0 Å². The smallest absolute Gasteiger partial charge is 0.395 e. The number of rotatable bonds is 5. The maximum atomic E-state index is 11.4.